The Balaban J connectivity index is 2.32. The summed E-state index contributed by atoms with van der Waals surface area (Å²) < 4.78 is 0. The van der Waals surface area contributed by atoms with Crippen LogP contribution in [0.4, 0.5) is 0 Å². The van der Waals surface area contributed by atoms with Crippen LogP contribution in [0.2, 0.25) is 0 Å². The van der Waals surface area contributed by atoms with Crippen molar-refractivity contribution in [1.82, 2.24) is 5.06 Å². The van der Waals surface area contributed by atoms with Crippen LogP contribution < -0.4 is 0 Å². The van der Waals surface area contributed by atoms with Gasteiger partial charge in [-0.3, -0.25) is 4.99 Å². The molecule has 1 N–H and O–H groups in total. The van der Waals surface area contributed by atoms with E-state index in [0.717, 1.165) is 5.06 Å². The quantitative estimate of drug-likeness (QED) is 0.440. The van der Waals surface area contributed by atoms with Gasteiger partial charge in [0.25, 0.3) is 0 Å². The Labute approximate surface area is 35.9 Å². The fraction of sp³-hybridized carbons (Fsp3) is 0.667. The minimum atomic E-state index is 0.444. The third kappa shape index (κ3) is 0.555. The molecule has 0 saturated carbocycles. The molecule has 1 heterocycles. The molecule has 6 heavy (non-hydrogen) atoms. The van der Waals surface area contributed by atoms with Crippen molar-refractivity contribution in [3.63, 3.8) is 0 Å². The van der Waals surface area contributed by atoms with Crippen molar-refractivity contribution in [2.45, 2.75) is 0 Å². The molecule has 34 valence electrons. The second-order valence-corrected chi connectivity index (χ2v) is 1.20. The van der Waals surface area contributed by atoms with E-state index in [1.165, 1.54) is 0 Å². The van der Waals surface area contributed by atoms with E-state index in [9.17, 15) is 0 Å². The number of hydrogen-bond donors (Lipinski definition) is 1. The summed E-state index contributed by atoms with van der Waals surface area (Å²) in [5.41, 5.74) is 0. The molecule has 0 radical (unpaired) electrons. The minimum Gasteiger partial charge on any atom is -0.312 e. The molecule has 0 aromatic rings. The van der Waals surface area contributed by atoms with E-state index in [2.05, 4.69) is 4.99 Å². The van der Waals surface area contributed by atoms with Gasteiger partial charge in [-0.15, -0.1) is 0 Å². The summed E-state index contributed by atoms with van der Waals surface area (Å²) in [6.07, 6.45) is 1.68. The van der Waals surface area contributed by atoms with Crippen molar-refractivity contribution in [3.8, 4) is 0 Å². The average molecular weight is 86.1 g/mol. The zero-order chi connectivity index (χ0) is 4.41. The molecule has 1 aliphatic heterocycles. The van der Waals surface area contributed by atoms with Gasteiger partial charge >= 0.3 is 0 Å². The van der Waals surface area contributed by atoms with E-state index in [1.54, 1.807) is 6.21 Å². The summed E-state index contributed by atoms with van der Waals surface area (Å²) in [7, 11) is 0. The number of nitrogens with zero attached hydrogens (tertiary/aromatic N) is 2. The maximum atomic E-state index is 8.44. The number of aliphatic imine (C=N–C) groups is 1. The molecule has 0 aliphatic carbocycles. The van der Waals surface area contributed by atoms with Crippen LogP contribution in [-0.4, -0.2) is 29.7 Å². The molecule has 0 atom stereocenters. The first-order valence-corrected chi connectivity index (χ1v) is 1.82. The molecule has 0 saturated heterocycles. The first-order valence-electron chi connectivity index (χ1n) is 1.82. The Kier molecular flexibility index (Phi) is 0.856. The first-order chi connectivity index (χ1) is 2.89. The number of hydroxylamine groups is 2. The second kappa shape index (κ2) is 1.36. The van der Waals surface area contributed by atoms with Gasteiger partial charge in [0.15, 0.2) is 0 Å². The lowest BCUT2D eigenvalue weighted by Gasteiger charge is -1.97. The Morgan fingerprint density at radius 2 is 2.67 bits per heavy atom. The van der Waals surface area contributed by atoms with E-state index < -0.39 is 0 Å². The standard InChI is InChI=1S/C3H6N2O/c6-5-2-1-4-3-5/h1,6H,2-3H2. The second-order valence-electron chi connectivity index (χ2n) is 1.20. The molecule has 0 aromatic carbocycles. The monoisotopic (exact) mass is 86.0 g/mol. The Hall–Kier alpha value is -0.410. The third-order valence-electron chi connectivity index (χ3n) is 0.666. The molecule has 1 rings (SSSR count). The third-order valence-corrected chi connectivity index (χ3v) is 0.666. The average Bonchev–Trinajstić information content (AvgIpc) is 1.86. The predicted octanol–water partition coefficient (Wildman–Crippen LogP) is -0.280. The highest BCUT2D eigenvalue weighted by molar-refractivity contribution is 5.60. The summed E-state index contributed by atoms with van der Waals surface area (Å²) >= 11 is 0. The van der Waals surface area contributed by atoms with Crippen LogP contribution in [0.25, 0.3) is 0 Å². The molecule has 3 heteroatoms. The van der Waals surface area contributed by atoms with E-state index in [4.69, 9.17) is 5.21 Å². The molecule has 0 bridgehead atoms. The molecule has 3 nitrogen and oxygen atoms in total. The van der Waals surface area contributed by atoms with Crippen molar-refractivity contribution < 1.29 is 5.21 Å². The highest BCUT2D eigenvalue weighted by Gasteiger charge is 1.98. The Morgan fingerprint density at radius 3 is 2.83 bits per heavy atom. The fourth-order valence-corrected chi connectivity index (χ4v) is 0.362. The predicted molar refractivity (Wildman–Crippen MR) is 21.9 cm³/mol. The van der Waals surface area contributed by atoms with Gasteiger partial charge in [-0.05, 0) is 0 Å². The fourth-order valence-electron chi connectivity index (χ4n) is 0.362. The van der Waals surface area contributed by atoms with Crippen molar-refractivity contribution in [2.75, 3.05) is 13.2 Å². The molecular weight excluding hydrogens is 80.0 g/mol. The van der Waals surface area contributed by atoms with Gasteiger partial charge in [0.1, 0.15) is 6.67 Å². The van der Waals surface area contributed by atoms with E-state index >= 15 is 0 Å². The summed E-state index contributed by atoms with van der Waals surface area (Å²) in [6.45, 7) is 1.03. The first kappa shape index (κ1) is 3.77. The van der Waals surface area contributed by atoms with Crippen LogP contribution in [-0.2, 0) is 0 Å². The topological polar surface area (TPSA) is 35.8 Å². The summed E-state index contributed by atoms with van der Waals surface area (Å²) in [4.78, 5) is 3.72. The van der Waals surface area contributed by atoms with Gasteiger partial charge in [0, 0.05) is 6.21 Å². The lowest BCUT2D eigenvalue weighted by molar-refractivity contribution is -0.0652. The molecule has 1 aliphatic rings. The Morgan fingerprint density at radius 1 is 1.83 bits per heavy atom. The zero-order valence-corrected chi connectivity index (χ0v) is 3.33. The van der Waals surface area contributed by atoms with Crippen molar-refractivity contribution >= 4 is 6.21 Å². The van der Waals surface area contributed by atoms with Gasteiger partial charge < -0.3 is 5.21 Å². The highest BCUT2D eigenvalue weighted by Crippen LogP contribution is 1.85. The maximum absolute atomic E-state index is 8.44. The van der Waals surface area contributed by atoms with Gasteiger partial charge in [0.05, 0.1) is 6.54 Å². The Bertz CT molecular complexity index is 63.2. The summed E-state index contributed by atoms with van der Waals surface area (Å²) in [6, 6.07) is 0. The van der Waals surface area contributed by atoms with Crippen LogP contribution in [0.1, 0.15) is 0 Å². The molecule has 0 unspecified atom stereocenters. The minimum absolute atomic E-state index is 0.444. The smallest absolute Gasteiger partial charge is 0.114 e. The van der Waals surface area contributed by atoms with Crippen molar-refractivity contribution in [1.29, 1.82) is 0 Å². The van der Waals surface area contributed by atoms with Gasteiger partial charge in [0.2, 0.25) is 0 Å². The van der Waals surface area contributed by atoms with Gasteiger partial charge in [-0.25, -0.2) is 0 Å². The number of hydrogen-bond acceptors (Lipinski definition) is 3. The van der Waals surface area contributed by atoms with Crippen LogP contribution >= 0.6 is 0 Å². The molecule has 0 amide bonds. The maximum Gasteiger partial charge on any atom is 0.114 e. The normalized spacial score (nSPS) is 22.8. The molecule has 0 aromatic heterocycles. The van der Waals surface area contributed by atoms with Crippen LogP contribution in [0.5, 0.6) is 0 Å². The van der Waals surface area contributed by atoms with E-state index in [0.29, 0.717) is 13.2 Å². The lowest BCUT2D eigenvalue weighted by atomic mass is 10.8. The summed E-state index contributed by atoms with van der Waals surface area (Å²) in [5.74, 6) is 0. The van der Waals surface area contributed by atoms with E-state index in [-0.39, 0.29) is 0 Å². The number of rotatable bonds is 0. The van der Waals surface area contributed by atoms with Gasteiger partial charge in [-0.1, -0.05) is 0 Å². The van der Waals surface area contributed by atoms with Crippen LogP contribution in [0.15, 0.2) is 4.99 Å². The van der Waals surface area contributed by atoms with Gasteiger partial charge in [-0.2, -0.15) is 5.06 Å². The SMILES string of the molecule is ON1CC=NC1. The largest absolute Gasteiger partial charge is 0.312 e. The lowest BCUT2D eigenvalue weighted by Crippen LogP contribution is -2.14. The summed E-state index contributed by atoms with van der Waals surface area (Å²) in [5, 5.41) is 9.58. The molecular formula is C3H6N2O. The zero-order valence-electron chi connectivity index (χ0n) is 3.33. The van der Waals surface area contributed by atoms with E-state index in [1.807, 2.05) is 0 Å². The van der Waals surface area contributed by atoms with Crippen molar-refractivity contribution in [2.24, 2.45) is 4.99 Å². The van der Waals surface area contributed by atoms with Crippen LogP contribution in [0.3, 0.4) is 0 Å². The van der Waals surface area contributed by atoms with Crippen LogP contribution in [0, 0.1) is 0 Å². The van der Waals surface area contributed by atoms with Crippen molar-refractivity contribution in [3.05, 3.63) is 0 Å². The molecule has 0 fully saturated rings. The molecule has 0 spiro atoms. The highest BCUT2D eigenvalue weighted by atomic mass is 16.5.